The fourth-order valence-corrected chi connectivity index (χ4v) is 2.73. The zero-order valence-electron chi connectivity index (χ0n) is 10.9. The lowest BCUT2D eigenvalue weighted by Gasteiger charge is -2.30. The number of amides is 1. The van der Waals surface area contributed by atoms with Gasteiger partial charge in [0.15, 0.2) is 0 Å². The molecule has 0 aromatic heterocycles. The van der Waals surface area contributed by atoms with Crippen LogP contribution in [0.4, 0.5) is 0 Å². The van der Waals surface area contributed by atoms with Crippen molar-refractivity contribution in [2.75, 3.05) is 32.8 Å². The largest absolute Gasteiger partial charge is 0.395 e. The Morgan fingerprint density at radius 3 is 2.83 bits per heavy atom. The maximum atomic E-state index is 12.3. The number of rotatable bonds is 5. The summed E-state index contributed by atoms with van der Waals surface area (Å²) in [5.41, 5.74) is 0. The van der Waals surface area contributed by atoms with Crippen LogP contribution in [0.3, 0.4) is 0 Å². The van der Waals surface area contributed by atoms with Crippen LogP contribution in [0, 0.1) is 0 Å². The van der Waals surface area contributed by atoms with Gasteiger partial charge in [-0.3, -0.25) is 4.79 Å². The third-order valence-corrected chi connectivity index (χ3v) is 3.74. The van der Waals surface area contributed by atoms with Crippen molar-refractivity contribution in [2.45, 2.75) is 44.2 Å². The minimum absolute atomic E-state index is 0.0190. The number of aliphatic hydroxyl groups excluding tert-OH is 1. The maximum absolute atomic E-state index is 12.3. The number of carbonyl (C=O) groups excluding carboxylic acids is 1. The first kappa shape index (κ1) is 13.8. The molecule has 0 aromatic rings. The van der Waals surface area contributed by atoms with Crippen molar-refractivity contribution >= 4 is 5.91 Å². The number of ether oxygens (including phenoxy) is 1. The molecule has 0 spiro atoms. The van der Waals surface area contributed by atoms with E-state index in [2.05, 4.69) is 5.32 Å². The standard InChI is InChI=1S/C13H24N2O3/c16-8-7-15(10-11-4-3-6-14-11)13(17)12-5-1-2-9-18-12/h11-12,14,16H,1-10H2. The van der Waals surface area contributed by atoms with Crippen molar-refractivity contribution in [1.82, 2.24) is 10.2 Å². The number of aliphatic hydroxyl groups is 1. The molecule has 2 saturated heterocycles. The molecule has 104 valence electrons. The molecule has 2 aliphatic rings. The minimum atomic E-state index is -0.285. The van der Waals surface area contributed by atoms with Crippen molar-refractivity contribution in [3.63, 3.8) is 0 Å². The van der Waals surface area contributed by atoms with Gasteiger partial charge in [-0.25, -0.2) is 0 Å². The van der Waals surface area contributed by atoms with Gasteiger partial charge >= 0.3 is 0 Å². The highest BCUT2D eigenvalue weighted by atomic mass is 16.5. The molecule has 5 heteroatoms. The molecule has 2 fully saturated rings. The van der Waals surface area contributed by atoms with Crippen LogP contribution in [0.1, 0.15) is 32.1 Å². The lowest BCUT2D eigenvalue weighted by Crippen LogP contribution is -2.48. The lowest BCUT2D eigenvalue weighted by atomic mass is 10.1. The van der Waals surface area contributed by atoms with Gasteiger partial charge in [0.25, 0.3) is 5.91 Å². The second-order valence-electron chi connectivity index (χ2n) is 5.16. The Balaban J connectivity index is 1.87. The lowest BCUT2D eigenvalue weighted by molar-refractivity contribution is -0.147. The third-order valence-electron chi connectivity index (χ3n) is 3.74. The van der Waals surface area contributed by atoms with Crippen molar-refractivity contribution in [1.29, 1.82) is 0 Å². The molecule has 0 aromatic carbocycles. The summed E-state index contributed by atoms with van der Waals surface area (Å²) >= 11 is 0. The number of hydrogen-bond donors (Lipinski definition) is 2. The van der Waals surface area contributed by atoms with E-state index < -0.39 is 0 Å². The second-order valence-corrected chi connectivity index (χ2v) is 5.16. The van der Waals surface area contributed by atoms with Crippen LogP contribution in [0.2, 0.25) is 0 Å². The highest BCUT2D eigenvalue weighted by Gasteiger charge is 2.28. The molecule has 2 aliphatic heterocycles. The van der Waals surface area contributed by atoms with Crippen molar-refractivity contribution < 1.29 is 14.6 Å². The first-order chi connectivity index (χ1) is 8.81. The van der Waals surface area contributed by atoms with Crippen LogP contribution < -0.4 is 5.32 Å². The fraction of sp³-hybridized carbons (Fsp3) is 0.923. The molecule has 0 bridgehead atoms. The van der Waals surface area contributed by atoms with Crippen LogP contribution in [0.25, 0.3) is 0 Å². The fourth-order valence-electron chi connectivity index (χ4n) is 2.73. The molecule has 1 amide bonds. The summed E-state index contributed by atoms with van der Waals surface area (Å²) in [4.78, 5) is 14.1. The third kappa shape index (κ3) is 3.67. The number of hydrogen-bond acceptors (Lipinski definition) is 4. The molecule has 0 aliphatic carbocycles. The second kappa shape index (κ2) is 7.07. The monoisotopic (exact) mass is 256 g/mol. The summed E-state index contributed by atoms with van der Waals surface area (Å²) in [5, 5.41) is 12.5. The normalized spacial score (nSPS) is 28.3. The molecule has 5 nitrogen and oxygen atoms in total. The Morgan fingerprint density at radius 1 is 1.33 bits per heavy atom. The van der Waals surface area contributed by atoms with Gasteiger partial charge in [0.2, 0.25) is 0 Å². The zero-order chi connectivity index (χ0) is 12.8. The summed E-state index contributed by atoms with van der Waals surface area (Å²) in [5.74, 6) is 0.0532. The Morgan fingerprint density at radius 2 is 2.22 bits per heavy atom. The molecule has 0 radical (unpaired) electrons. The number of nitrogens with zero attached hydrogens (tertiary/aromatic N) is 1. The highest BCUT2D eigenvalue weighted by Crippen LogP contribution is 2.16. The molecule has 2 atom stereocenters. The molecule has 2 heterocycles. The highest BCUT2D eigenvalue weighted by molar-refractivity contribution is 5.81. The topological polar surface area (TPSA) is 61.8 Å². The van der Waals surface area contributed by atoms with E-state index in [1.54, 1.807) is 4.90 Å². The Hall–Kier alpha value is -0.650. The maximum Gasteiger partial charge on any atom is 0.251 e. The Bertz CT molecular complexity index is 261. The van der Waals surface area contributed by atoms with E-state index in [9.17, 15) is 4.79 Å². The quantitative estimate of drug-likeness (QED) is 0.734. The van der Waals surface area contributed by atoms with E-state index in [4.69, 9.17) is 9.84 Å². The number of nitrogens with one attached hydrogen (secondary N) is 1. The van der Waals surface area contributed by atoms with Crippen LogP contribution in [-0.4, -0.2) is 60.9 Å². The van der Waals surface area contributed by atoms with E-state index >= 15 is 0 Å². The molecular formula is C13H24N2O3. The van der Waals surface area contributed by atoms with E-state index in [0.29, 0.717) is 25.7 Å². The SMILES string of the molecule is O=C(C1CCCCO1)N(CCO)CC1CCCN1. The first-order valence-corrected chi connectivity index (χ1v) is 7.06. The van der Waals surface area contributed by atoms with Crippen molar-refractivity contribution in [2.24, 2.45) is 0 Å². The summed E-state index contributed by atoms with van der Waals surface area (Å²) in [6.45, 7) is 2.85. The van der Waals surface area contributed by atoms with E-state index in [0.717, 1.165) is 32.2 Å². The van der Waals surface area contributed by atoms with Gasteiger partial charge in [-0.15, -0.1) is 0 Å². The summed E-state index contributed by atoms with van der Waals surface area (Å²) in [6, 6.07) is 0.379. The molecular weight excluding hydrogens is 232 g/mol. The summed E-state index contributed by atoms with van der Waals surface area (Å²) in [6.07, 6.45) is 4.93. The number of carbonyl (C=O) groups is 1. The van der Waals surface area contributed by atoms with E-state index in [1.165, 1.54) is 6.42 Å². The van der Waals surface area contributed by atoms with Crippen molar-refractivity contribution in [3.05, 3.63) is 0 Å². The van der Waals surface area contributed by atoms with Gasteiger partial charge in [-0.1, -0.05) is 0 Å². The average Bonchev–Trinajstić information content (AvgIpc) is 2.91. The Kier molecular flexibility index (Phi) is 5.41. The predicted molar refractivity (Wildman–Crippen MR) is 68.3 cm³/mol. The minimum Gasteiger partial charge on any atom is -0.395 e. The van der Waals surface area contributed by atoms with E-state index in [-0.39, 0.29) is 18.6 Å². The molecule has 18 heavy (non-hydrogen) atoms. The molecule has 0 saturated carbocycles. The van der Waals surface area contributed by atoms with Crippen LogP contribution in [0.5, 0.6) is 0 Å². The van der Waals surface area contributed by atoms with E-state index in [1.807, 2.05) is 0 Å². The van der Waals surface area contributed by atoms with Gasteiger partial charge < -0.3 is 20.1 Å². The van der Waals surface area contributed by atoms with Gasteiger partial charge in [0.05, 0.1) is 6.61 Å². The zero-order valence-corrected chi connectivity index (χ0v) is 10.9. The van der Waals surface area contributed by atoms with Crippen LogP contribution in [0.15, 0.2) is 0 Å². The van der Waals surface area contributed by atoms with Gasteiger partial charge in [0, 0.05) is 25.7 Å². The van der Waals surface area contributed by atoms with Crippen LogP contribution >= 0.6 is 0 Å². The molecule has 2 unspecified atom stereocenters. The summed E-state index contributed by atoms with van der Waals surface area (Å²) < 4.78 is 5.54. The van der Waals surface area contributed by atoms with Crippen LogP contribution in [-0.2, 0) is 9.53 Å². The first-order valence-electron chi connectivity index (χ1n) is 7.06. The Labute approximate surface area is 108 Å². The molecule has 2 N–H and O–H groups in total. The predicted octanol–water partition coefficient (Wildman–Crippen LogP) is 0.128. The van der Waals surface area contributed by atoms with Gasteiger partial charge in [-0.05, 0) is 38.6 Å². The smallest absolute Gasteiger partial charge is 0.251 e. The molecule has 2 rings (SSSR count). The summed E-state index contributed by atoms with van der Waals surface area (Å²) in [7, 11) is 0. The van der Waals surface area contributed by atoms with Crippen molar-refractivity contribution in [3.8, 4) is 0 Å². The average molecular weight is 256 g/mol. The van der Waals surface area contributed by atoms with Gasteiger partial charge in [0.1, 0.15) is 6.10 Å². The van der Waals surface area contributed by atoms with Gasteiger partial charge in [-0.2, -0.15) is 0 Å².